The van der Waals surface area contributed by atoms with Gasteiger partial charge in [-0.15, -0.1) is 22.7 Å². The van der Waals surface area contributed by atoms with Crippen molar-refractivity contribution in [1.29, 1.82) is 0 Å². The second-order valence-corrected chi connectivity index (χ2v) is 7.63. The van der Waals surface area contributed by atoms with Crippen LogP contribution in [0.3, 0.4) is 0 Å². The quantitative estimate of drug-likeness (QED) is 0.872. The van der Waals surface area contributed by atoms with Gasteiger partial charge in [-0.1, -0.05) is 6.07 Å². The number of amides is 1. The maximum atomic E-state index is 12.3. The Labute approximate surface area is 132 Å². The zero-order valence-electron chi connectivity index (χ0n) is 11.6. The summed E-state index contributed by atoms with van der Waals surface area (Å²) in [5, 5.41) is 3.99. The molecule has 2 aromatic rings. The van der Waals surface area contributed by atoms with Crippen LogP contribution in [0.5, 0.6) is 0 Å². The summed E-state index contributed by atoms with van der Waals surface area (Å²) in [6.07, 6.45) is 0. The molecule has 0 spiro atoms. The molecule has 6 heteroatoms. The molecule has 2 atom stereocenters. The number of rotatable bonds is 3. The van der Waals surface area contributed by atoms with Gasteiger partial charge in [0.2, 0.25) is 0 Å². The third-order valence-electron chi connectivity index (χ3n) is 4.46. The van der Waals surface area contributed by atoms with E-state index in [2.05, 4.69) is 27.4 Å². The lowest BCUT2D eigenvalue weighted by Crippen LogP contribution is -2.33. The maximum absolute atomic E-state index is 12.3. The Morgan fingerprint density at radius 3 is 2.71 bits per heavy atom. The molecule has 21 heavy (non-hydrogen) atoms. The molecular weight excluding hydrogens is 302 g/mol. The van der Waals surface area contributed by atoms with Gasteiger partial charge in [0.1, 0.15) is 5.69 Å². The van der Waals surface area contributed by atoms with Crippen molar-refractivity contribution in [3.63, 3.8) is 0 Å². The Balaban J connectivity index is 1.36. The van der Waals surface area contributed by atoms with Crippen molar-refractivity contribution < 1.29 is 4.79 Å². The van der Waals surface area contributed by atoms with Gasteiger partial charge in [0.15, 0.2) is 0 Å². The monoisotopic (exact) mass is 319 g/mol. The molecule has 0 radical (unpaired) electrons. The molecular formula is C15H17N3OS2. The maximum Gasteiger partial charge on any atom is 0.273 e. The van der Waals surface area contributed by atoms with Crippen molar-refractivity contribution >= 4 is 28.6 Å². The summed E-state index contributed by atoms with van der Waals surface area (Å²) < 4.78 is 0. The molecule has 4 nitrogen and oxygen atoms in total. The SMILES string of the molecule is O=C(c1cscn1)N1C[C@H]2CN(Cc3cccs3)C[C@@H]2C1. The minimum atomic E-state index is 0.107. The number of carbonyl (C=O) groups is 1. The Bertz CT molecular complexity index is 597. The topological polar surface area (TPSA) is 36.4 Å². The van der Waals surface area contributed by atoms with Gasteiger partial charge in [0.05, 0.1) is 5.51 Å². The van der Waals surface area contributed by atoms with Gasteiger partial charge in [-0.25, -0.2) is 4.98 Å². The number of nitrogens with zero attached hydrogens (tertiary/aromatic N) is 3. The van der Waals surface area contributed by atoms with E-state index in [1.807, 2.05) is 21.6 Å². The van der Waals surface area contributed by atoms with Gasteiger partial charge in [0, 0.05) is 43.0 Å². The predicted molar refractivity (Wildman–Crippen MR) is 84.6 cm³/mol. The molecule has 4 rings (SSSR count). The summed E-state index contributed by atoms with van der Waals surface area (Å²) in [4.78, 5) is 22.4. The van der Waals surface area contributed by atoms with Gasteiger partial charge in [0.25, 0.3) is 5.91 Å². The van der Waals surface area contributed by atoms with E-state index in [-0.39, 0.29) is 5.91 Å². The molecule has 0 unspecified atom stereocenters. The largest absolute Gasteiger partial charge is 0.337 e. The van der Waals surface area contributed by atoms with Crippen LogP contribution in [-0.2, 0) is 6.54 Å². The molecule has 2 aliphatic heterocycles. The van der Waals surface area contributed by atoms with E-state index in [1.54, 1.807) is 5.51 Å². The Kier molecular flexibility index (Phi) is 3.52. The molecule has 0 aliphatic carbocycles. The van der Waals surface area contributed by atoms with Gasteiger partial charge in [-0.3, -0.25) is 9.69 Å². The van der Waals surface area contributed by atoms with E-state index >= 15 is 0 Å². The van der Waals surface area contributed by atoms with Gasteiger partial charge < -0.3 is 4.90 Å². The number of hydrogen-bond donors (Lipinski definition) is 0. The summed E-state index contributed by atoms with van der Waals surface area (Å²) in [6, 6.07) is 4.32. The van der Waals surface area contributed by atoms with Crippen molar-refractivity contribution in [2.75, 3.05) is 26.2 Å². The molecule has 4 heterocycles. The Hall–Kier alpha value is -1.24. The Morgan fingerprint density at radius 1 is 1.29 bits per heavy atom. The van der Waals surface area contributed by atoms with Crippen molar-refractivity contribution in [1.82, 2.24) is 14.8 Å². The zero-order valence-corrected chi connectivity index (χ0v) is 13.3. The highest BCUT2D eigenvalue weighted by molar-refractivity contribution is 7.09. The minimum Gasteiger partial charge on any atom is -0.337 e. The average Bonchev–Trinajstić information content (AvgIpc) is 3.23. The summed E-state index contributed by atoms with van der Waals surface area (Å²) >= 11 is 3.31. The van der Waals surface area contributed by atoms with Gasteiger partial charge >= 0.3 is 0 Å². The highest BCUT2D eigenvalue weighted by Gasteiger charge is 2.41. The van der Waals surface area contributed by atoms with Crippen LogP contribution in [-0.4, -0.2) is 46.9 Å². The third-order valence-corrected chi connectivity index (χ3v) is 5.91. The molecule has 2 aliphatic rings. The lowest BCUT2D eigenvalue weighted by molar-refractivity contribution is 0.0768. The van der Waals surface area contributed by atoms with E-state index in [9.17, 15) is 4.79 Å². The lowest BCUT2D eigenvalue weighted by atomic mass is 10.0. The van der Waals surface area contributed by atoms with Crippen molar-refractivity contribution in [3.05, 3.63) is 39.0 Å². The van der Waals surface area contributed by atoms with Gasteiger partial charge in [-0.05, 0) is 23.3 Å². The molecule has 2 aromatic heterocycles. The standard InChI is InChI=1S/C15H17N3OS2/c19-15(14-9-20-10-16-14)18-6-11-4-17(5-12(11)7-18)8-13-2-1-3-21-13/h1-3,9-12H,4-8H2/t11-,12-/m1/s1. The second-order valence-electron chi connectivity index (χ2n) is 5.88. The smallest absolute Gasteiger partial charge is 0.273 e. The number of hydrogen-bond acceptors (Lipinski definition) is 5. The normalized spacial score (nSPS) is 25.4. The fraction of sp³-hybridized carbons (Fsp3) is 0.467. The summed E-state index contributed by atoms with van der Waals surface area (Å²) in [5.74, 6) is 1.37. The predicted octanol–water partition coefficient (Wildman–Crippen LogP) is 2.41. The molecule has 0 bridgehead atoms. The lowest BCUT2D eigenvalue weighted by Gasteiger charge is -2.20. The zero-order chi connectivity index (χ0) is 14.2. The Morgan fingerprint density at radius 2 is 2.10 bits per heavy atom. The summed E-state index contributed by atoms with van der Waals surface area (Å²) in [7, 11) is 0. The van der Waals surface area contributed by atoms with E-state index in [4.69, 9.17) is 0 Å². The minimum absolute atomic E-state index is 0.107. The molecule has 2 saturated heterocycles. The number of thiophene rings is 1. The van der Waals surface area contributed by atoms with Crippen molar-refractivity contribution in [2.24, 2.45) is 11.8 Å². The van der Waals surface area contributed by atoms with Crippen LogP contribution in [0.15, 0.2) is 28.4 Å². The van der Waals surface area contributed by atoms with E-state index in [1.165, 1.54) is 16.2 Å². The van der Waals surface area contributed by atoms with Crippen molar-refractivity contribution in [3.8, 4) is 0 Å². The van der Waals surface area contributed by atoms with Crippen LogP contribution in [0.2, 0.25) is 0 Å². The first kappa shape index (κ1) is 13.4. The fourth-order valence-corrected chi connectivity index (χ4v) is 4.76. The molecule has 0 aromatic carbocycles. The molecule has 0 N–H and O–H groups in total. The third kappa shape index (κ3) is 2.63. The molecule has 110 valence electrons. The number of likely N-dealkylation sites (tertiary alicyclic amines) is 2. The summed E-state index contributed by atoms with van der Waals surface area (Å²) in [6.45, 7) is 5.07. The number of aromatic nitrogens is 1. The highest BCUT2D eigenvalue weighted by atomic mass is 32.1. The highest BCUT2D eigenvalue weighted by Crippen LogP contribution is 2.33. The molecule has 2 fully saturated rings. The van der Waals surface area contributed by atoms with Crippen LogP contribution in [0, 0.1) is 11.8 Å². The number of thiazole rings is 1. The van der Waals surface area contributed by atoms with Crippen LogP contribution < -0.4 is 0 Å². The molecule has 1 amide bonds. The van der Waals surface area contributed by atoms with Crippen molar-refractivity contribution in [2.45, 2.75) is 6.54 Å². The van der Waals surface area contributed by atoms with Crippen LogP contribution >= 0.6 is 22.7 Å². The fourth-order valence-electron chi connectivity index (χ4n) is 3.49. The summed E-state index contributed by atoms with van der Waals surface area (Å²) in [5.41, 5.74) is 2.34. The first-order chi connectivity index (χ1) is 10.3. The van der Waals surface area contributed by atoms with Crippen LogP contribution in [0.25, 0.3) is 0 Å². The van der Waals surface area contributed by atoms with E-state index < -0.39 is 0 Å². The second kappa shape index (κ2) is 5.51. The first-order valence-electron chi connectivity index (χ1n) is 7.22. The number of carbonyl (C=O) groups excluding carboxylic acids is 1. The number of fused-ring (bicyclic) bond motifs is 1. The first-order valence-corrected chi connectivity index (χ1v) is 9.04. The van der Waals surface area contributed by atoms with E-state index in [0.717, 1.165) is 32.7 Å². The van der Waals surface area contributed by atoms with Gasteiger partial charge in [-0.2, -0.15) is 0 Å². The van der Waals surface area contributed by atoms with E-state index in [0.29, 0.717) is 17.5 Å². The van der Waals surface area contributed by atoms with Crippen LogP contribution in [0.4, 0.5) is 0 Å². The van der Waals surface area contributed by atoms with Crippen LogP contribution in [0.1, 0.15) is 15.4 Å². The average molecular weight is 319 g/mol. The molecule has 0 saturated carbocycles.